The summed E-state index contributed by atoms with van der Waals surface area (Å²) < 4.78 is 25.9. The third-order valence-electron chi connectivity index (χ3n) is 4.34. The average molecular weight is 368 g/mol. The molecule has 1 heterocycles. The summed E-state index contributed by atoms with van der Waals surface area (Å²) in [7, 11) is -3.22. The van der Waals surface area contributed by atoms with Crippen molar-refractivity contribution in [2.24, 2.45) is 0 Å². The summed E-state index contributed by atoms with van der Waals surface area (Å²) in [5.74, 6) is -1.43. The monoisotopic (exact) mass is 368 g/mol. The number of hydrogen-bond donors (Lipinski definition) is 2. The molecule has 0 bridgehead atoms. The molecule has 1 amide bonds. The van der Waals surface area contributed by atoms with Gasteiger partial charge in [-0.15, -0.1) is 0 Å². The second-order valence-electron chi connectivity index (χ2n) is 6.17. The highest BCUT2D eigenvalue weighted by atomic mass is 32.2. The van der Waals surface area contributed by atoms with E-state index in [0.29, 0.717) is 32.4 Å². The highest BCUT2D eigenvalue weighted by Gasteiger charge is 2.28. The summed E-state index contributed by atoms with van der Waals surface area (Å²) in [6.45, 7) is 2.70. The molecule has 0 aliphatic carbocycles. The molecule has 1 fully saturated rings. The van der Waals surface area contributed by atoms with E-state index >= 15 is 0 Å². The SMILES string of the molecule is CCCCS(=O)(=O)N1CCC(NC(=O)c2ccccc2C(=O)O)CC1. The van der Waals surface area contributed by atoms with E-state index in [1.807, 2.05) is 6.92 Å². The number of carbonyl (C=O) groups excluding carboxylic acids is 1. The molecule has 0 unspecified atom stereocenters. The second-order valence-corrected chi connectivity index (χ2v) is 8.26. The van der Waals surface area contributed by atoms with Gasteiger partial charge in [0.1, 0.15) is 0 Å². The summed E-state index contributed by atoms with van der Waals surface area (Å²) in [6.07, 6.45) is 2.51. The molecule has 0 spiro atoms. The lowest BCUT2D eigenvalue weighted by Gasteiger charge is -2.31. The van der Waals surface area contributed by atoms with Crippen molar-refractivity contribution in [3.05, 3.63) is 35.4 Å². The number of carboxylic acid groups (broad SMARTS) is 1. The first kappa shape index (κ1) is 19.4. The van der Waals surface area contributed by atoms with Crippen LogP contribution in [0.4, 0.5) is 0 Å². The second kappa shape index (κ2) is 8.44. The van der Waals surface area contributed by atoms with Crippen LogP contribution in [0.3, 0.4) is 0 Å². The van der Waals surface area contributed by atoms with Crippen LogP contribution in [0.2, 0.25) is 0 Å². The molecule has 1 saturated heterocycles. The van der Waals surface area contributed by atoms with Gasteiger partial charge in [0.2, 0.25) is 10.0 Å². The molecule has 7 nitrogen and oxygen atoms in total. The molecule has 1 aromatic carbocycles. The number of amides is 1. The van der Waals surface area contributed by atoms with Crippen LogP contribution < -0.4 is 5.32 Å². The molecule has 0 radical (unpaired) electrons. The van der Waals surface area contributed by atoms with Crippen molar-refractivity contribution in [2.45, 2.75) is 38.6 Å². The Morgan fingerprint density at radius 1 is 1.20 bits per heavy atom. The van der Waals surface area contributed by atoms with Crippen molar-refractivity contribution in [3.63, 3.8) is 0 Å². The van der Waals surface area contributed by atoms with Gasteiger partial charge in [-0.05, 0) is 31.4 Å². The van der Waals surface area contributed by atoms with Crippen LogP contribution in [-0.2, 0) is 10.0 Å². The molecular weight excluding hydrogens is 344 g/mol. The number of carboxylic acids is 1. The van der Waals surface area contributed by atoms with Gasteiger partial charge in [-0.1, -0.05) is 25.5 Å². The van der Waals surface area contributed by atoms with Gasteiger partial charge in [0, 0.05) is 19.1 Å². The number of nitrogens with zero attached hydrogens (tertiary/aromatic N) is 1. The van der Waals surface area contributed by atoms with Crippen molar-refractivity contribution in [1.82, 2.24) is 9.62 Å². The lowest BCUT2D eigenvalue weighted by atomic mass is 10.0. The van der Waals surface area contributed by atoms with E-state index in [9.17, 15) is 18.0 Å². The largest absolute Gasteiger partial charge is 0.478 e. The Morgan fingerprint density at radius 3 is 2.36 bits per heavy atom. The molecule has 1 aliphatic heterocycles. The maximum Gasteiger partial charge on any atom is 0.336 e. The fourth-order valence-corrected chi connectivity index (χ4v) is 4.54. The number of sulfonamides is 1. The first-order chi connectivity index (χ1) is 11.8. The average Bonchev–Trinajstić information content (AvgIpc) is 2.60. The Labute approximate surface area is 148 Å². The number of hydrogen-bond acceptors (Lipinski definition) is 4. The summed E-state index contributed by atoms with van der Waals surface area (Å²) in [5, 5.41) is 12.0. The van der Waals surface area contributed by atoms with E-state index < -0.39 is 21.9 Å². The standard InChI is InChI=1S/C17H24N2O5S/c1-2-3-12-25(23,24)19-10-8-13(9-11-19)18-16(20)14-6-4-5-7-15(14)17(21)22/h4-7,13H,2-3,8-12H2,1H3,(H,18,20)(H,21,22). The van der Waals surface area contributed by atoms with Gasteiger partial charge < -0.3 is 10.4 Å². The molecule has 0 saturated carbocycles. The van der Waals surface area contributed by atoms with Crippen molar-refractivity contribution >= 4 is 21.9 Å². The van der Waals surface area contributed by atoms with Gasteiger partial charge in [-0.25, -0.2) is 17.5 Å². The normalized spacial score (nSPS) is 16.5. The van der Waals surface area contributed by atoms with Crippen LogP contribution in [0.15, 0.2) is 24.3 Å². The predicted octanol–water partition coefficient (Wildman–Crippen LogP) is 1.71. The minimum absolute atomic E-state index is 0.0421. The zero-order chi connectivity index (χ0) is 18.4. The minimum atomic E-state index is -3.22. The zero-order valence-corrected chi connectivity index (χ0v) is 15.1. The van der Waals surface area contributed by atoms with Gasteiger partial charge in [0.05, 0.1) is 16.9 Å². The van der Waals surface area contributed by atoms with E-state index in [-0.39, 0.29) is 22.9 Å². The lowest BCUT2D eigenvalue weighted by molar-refractivity contribution is 0.0690. The first-order valence-corrected chi connectivity index (χ1v) is 10.1. The first-order valence-electron chi connectivity index (χ1n) is 8.46. The molecule has 2 N–H and O–H groups in total. The Bertz CT molecular complexity index is 724. The quantitative estimate of drug-likeness (QED) is 0.762. The highest BCUT2D eigenvalue weighted by Crippen LogP contribution is 2.17. The number of nitrogens with one attached hydrogen (secondary N) is 1. The van der Waals surface area contributed by atoms with Gasteiger partial charge >= 0.3 is 5.97 Å². The maximum atomic E-state index is 12.4. The number of aromatic carboxylic acids is 1. The van der Waals surface area contributed by atoms with Crippen molar-refractivity contribution in [2.75, 3.05) is 18.8 Å². The number of carbonyl (C=O) groups is 2. The highest BCUT2D eigenvalue weighted by molar-refractivity contribution is 7.89. The van der Waals surface area contributed by atoms with Gasteiger partial charge in [0.25, 0.3) is 5.91 Å². The zero-order valence-electron chi connectivity index (χ0n) is 14.3. The van der Waals surface area contributed by atoms with E-state index in [0.717, 1.165) is 6.42 Å². The summed E-state index contributed by atoms with van der Waals surface area (Å²) in [4.78, 5) is 23.6. The van der Waals surface area contributed by atoms with Crippen LogP contribution in [-0.4, -0.2) is 54.6 Å². The van der Waals surface area contributed by atoms with Crippen LogP contribution >= 0.6 is 0 Å². The van der Waals surface area contributed by atoms with Crippen LogP contribution in [0.25, 0.3) is 0 Å². The summed E-state index contributed by atoms with van der Waals surface area (Å²) in [6, 6.07) is 5.89. The number of piperidine rings is 1. The van der Waals surface area contributed by atoms with Gasteiger partial charge in [-0.2, -0.15) is 0 Å². The smallest absolute Gasteiger partial charge is 0.336 e. The molecule has 0 atom stereocenters. The van der Waals surface area contributed by atoms with Crippen LogP contribution in [0.5, 0.6) is 0 Å². The lowest BCUT2D eigenvalue weighted by Crippen LogP contribution is -2.47. The van der Waals surface area contributed by atoms with Crippen molar-refractivity contribution < 1.29 is 23.1 Å². The van der Waals surface area contributed by atoms with Crippen LogP contribution in [0.1, 0.15) is 53.3 Å². The fourth-order valence-electron chi connectivity index (χ4n) is 2.86. The molecule has 2 rings (SSSR count). The molecular formula is C17H24N2O5S. The third kappa shape index (κ3) is 5.02. The third-order valence-corrected chi connectivity index (χ3v) is 6.30. The topological polar surface area (TPSA) is 104 Å². The maximum absolute atomic E-state index is 12.4. The molecule has 0 aromatic heterocycles. The molecule has 25 heavy (non-hydrogen) atoms. The Kier molecular flexibility index (Phi) is 6.55. The Hall–Kier alpha value is -1.93. The number of benzene rings is 1. The Balaban J connectivity index is 1.94. The molecule has 8 heteroatoms. The molecule has 1 aromatic rings. The predicted molar refractivity (Wildman–Crippen MR) is 94.2 cm³/mol. The number of unbranched alkanes of at least 4 members (excludes halogenated alkanes) is 1. The van der Waals surface area contributed by atoms with Crippen LogP contribution in [0, 0.1) is 0 Å². The van der Waals surface area contributed by atoms with E-state index in [1.165, 1.54) is 16.4 Å². The minimum Gasteiger partial charge on any atom is -0.478 e. The summed E-state index contributed by atoms with van der Waals surface area (Å²) in [5.41, 5.74) is 0.0765. The van der Waals surface area contributed by atoms with Gasteiger partial charge in [0.15, 0.2) is 0 Å². The fraction of sp³-hybridized carbons (Fsp3) is 0.529. The number of rotatable bonds is 7. The van der Waals surface area contributed by atoms with E-state index in [4.69, 9.17) is 5.11 Å². The van der Waals surface area contributed by atoms with Gasteiger partial charge in [-0.3, -0.25) is 4.79 Å². The van der Waals surface area contributed by atoms with Crippen molar-refractivity contribution in [3.8, 4) is 0 Å². The summed E-state index contributed by atoms with van der Waals surface area (Å²) >= 11 is 0. The molecule has 1 aliphatic rings. The Morgan fingerprint density at radius 2 is 1.80 bits per heavy atom. The molecule has 138 valence electrons. The van der Waals surface area contributed by atoms with Crippen molar-refractivity contribution in [1.29, 1.82) is 0 Å². The van der Waals surface area contributed by atoms with E-state index in [1.54, 1.807) is 12.1 Å². The van der Waals surface area contributed by atoms with E-state index in [2.05, 4.69) is 5.32 Å².